The maximum atomic E-state index is 5.38. The summed E-state index contributed by atoms with van der Waals surface area (Å²) < 4.78 is 11.8. The minimum absolute atomic E-state index is 0.427. The standard InChI is InChI=1S/C14H20BrNO2/c1-17-12-5-6-14(15)10(7-12)9-16-11-3-4-13(8-11)18-2/h5-7,11,13,16H,3-4,8-9H2,1-2H3. The molecular weight excluding hydrogens is 294 g/mol. The minimum atomic E-state index is 0.427. The van der Waals surface area contributed by atoms with Crippen LogP contribution in [0.15, 0.2) is 22.7 Å². The molecule has 1 aromatic carbocycles. The SMILES string of the molecule is COc1ccc(Br)c(CNC2CCC(OC)C2)c1. The maximum Gasteiger partial charge on any atom is 0.119 e. The Hall–Kier alpha value is -0.580. The molecule has 1 N–H and O–H groups in total. The van der Waals surface area contributed by atoms with Gasteiger partial charge in [-0.2, -0.15) is 0 Å². The van der Waals surface area contributed by atoms with Crippen LogP contribution in [0.25, 0.3) is 0 Å². The fourth-order valence-electron chi connectivity index (χ4n) is 2.41. The lowest BCUT2D eigenvalue weighted by atomic mass is 10.2. The molecule has 1 aliphatic rings. The highest BCUT2D eigenvalue weighted by molar-refractivity contribution is 9.10. The Morgan fingerprint density at radius 2 is 2.17 bits per heavy atom. The van der Waals surface area contributed by atoms with Crippen molar-refractivity contribution in [3.8, 4) is 5.75 Å². The Morgan fingerprint density at radius 1 is 1.33 bits per heavy atom. The average Bonchev–Trinajstić information content (AvgIpc) is 2.86. The van der Waals surface area contributed by atoms with E-state index in [2.05, 4.69) is 27.3 Å². The average molecular weight is 314 g/mol. The molecular formula is C14H20BrNO2. The lowest BCUT2D eigenvalue weighted by Gasteiger charge is -2.14. The van der Waals surface area contributed by atoms with Gasteiger partial charge in [-0.1, -0.05) is 15.9 Å². The Kier molecular flexibility index (Phi) is 5.03. The molecule has 3 nitrogen and oxygen atoms in total. The Labute approximate surface area is 117 Å². The fraction of sp³-hybridized carbons (Fsp3) is 0.571. The van der Waals surface area contributed by atoms with Gasteiger partial charge in [0.25, 0.3) is 0 Å². The first-order valence-corrected chi connectivity index (χ1v) is 7.11. The molecule has 4 heteroatoms. The van der Waals surface area contributed by atoms with Crippen LogP contribution >= 0.6 is 15.9 Å². The molecule has 18 heavy (non-hydrogen) atoms. The van der Waals surface area contributed by atoms with Crippen molar-refractivity contribution < 1.29 is 9.47 Å². The summed E-state index contributed by atoms with van der Waals surface area (Å²) in [6, 6.07) is 6.62. The van der Waals surface area contributed by atoms with Crippen LogP contribution in [-0.4, -0.2) is 26.4 Å². The summed E-state index contributed by atoms with van der Waals surface area (Å²) in [7, 11) is 3.49. The molecule has 0 saturated heterocycles. The molecule has 0 amide bonds. The van der Waals surface area contributed by atoms with E-state index in [1.54, 1.807) is 14.2 Å². The first-order chi connectivity index (χ1) is 8.72. The fourth-order valence-corrected chi connectivity index (χ4v) is 2.79. The third-order valence-corrected chi connectivity index (χ3v) is 4.33. The molecule has 0 aromatic heterocycles. The molecule has 100 valence electrons. The van der Waals surface area contributed by atoms with Crippen molar-refractivity contribution in [3.05, 3.63) is 28.2 Å². The van der Waals surface area contributed by atoms with E-state index < -0.39 is 0 Å². The van der Waals surface area contributed by atoms with E-state index >= 15 is 0 Å². The monoisotopic (exact) mass is 313 g/mol. The molecule has 0 aliphatic heterocycles. The number of halogens is 1. The zero-order valence-electron chi connectivity index (χ0n) is 10.9. The van der Waals surface area contributed by atoms with Crippen LogP contribution in [0.2, 0.25) is 0 Å². The minimum Gasteiger partial charge on any atom is -0.497 e. The van der Waals surface area contributed by atoms with E-state index in [-0.39, 0.29) is 0 Å². The number of benzene rings is 1. The van der Waals surface area contributed by atoms with Gasteiger partial charge >= 0.3 is 0 Å². The first kappa shape index (κ1) is 13.8. The van der Waals surface area contributed by atoms with E-state index in [0.717, 1.165) is 29.6 Å². The van der Waals surface area contributed by atoms with Gasteiger partial charge in [-0.15, -0.1) is 0 Å². The van der Waals surface area contributed by atoms with E-state index in [9.17, 15) is 0 Å². The molecule has 1 aromatic rings. The second-order valence-electron chi connectivity index (χ2n) is 4.71. The third kappa shape index (κ3) is 3.46. The normalized spacial score (nSPS) is 23.3. The van der Waals surface area contributed by atoms with Crippen LogP contribution < -0.4 is 10.1 Å². The van der Waals surface area contributed by atoms with Gasteiger partial charge in [-0.3, -0.25) is 0 Å². The predicted octanol–water partition coefficient (Wildman–Crippen LogP) is 3.11. The molecule has 1 aliphatic carbocycles. The molecule has 0 heterocycles. The van der Waals surface area contributed by atoms with Crippen molar-refractivity contribution in [2.45, 2.75) is 38.0 Å². The molecule has 0 bridgehead atoms. The Balaban J connectivity index is 1.90. The van der Waals surface area contributed by atoms with Crippen LogP contribution in [-0.2, 0) is 11.3 Å². The molecule has 0 radical (unpaired) electrons. The summed E-state index contributed by atoms with van der Waals surface area (Å²) in [4.78, 5) is 0. The zero-order valence-corrected chi connectivity index (χ0v) is 12.5. The van der Waals surface area contributed by atoms with Gasteiger partial charge in [-0.05, 0) is 43.0 Å². The molecule has 2 atom stereocenters. The Morgan fingerprint density at radius 3 is 2.83 bits per heavy atom. The summed E-state index contributed by atoms with van der Waals surface area (Å²) in [6.45, 7) is 0.860. The number of methoxy groups -OCH3 is 2. The highest BCUT2D eigenvalue weighted by atomic mass is 79.9. The molecule has 1 saturated carbocycles. The Bertz CT molecular complexity index is 397. The number of ether oxygens (including phenoxy) is 2. The van der Waals surface area contributed by atoms with Crippen molar-refractivity contribution in [2.75, 3.05) is 14.2 Å². The summed E-state index contributed by atoms with van der Waals surface area (Å²) in [5, 5.41) is 3.59. The second kappa shape index (κ2) is 6.55. The van der Waals surface area contributed by atoms with Crippen LogP contribution in [0.3, 0.4) is 0 Å². The van der Waals surface area contributed by atoms with Crippen LogP contribution in [0.4, 0.5) is 0 Å². The largest absolute Gasteiger partial charge is 0.497 e. The van der Waals surface area contributed by atoms with Crippen molar-refractivity contribution in [2.24, 2.45) is 0 Å². The lowest BCUT2D eigenvalue weighted by molar-refractivity contribution is 0.107. The van der Waals surface area contributed by atoms with Crippen molar-refractivity contribution in [1.82, 2.24) is 5.32 Å². The lowest BCUT2D eigenvalue weighted by Crippen LogP contribution is -2.26. The highest BCUT2D eigenvalue weighted by Gasteiger charge is 2.23. The van der Waals surface area contributed by atoms with Gasteiger partial charge in [0.2, 0.25) is 0 Å². The van der Waals surface area contributed by atoms with Crippen LogP contribution in [0.5, 0.6) is 5.75 Å². The zero-order chi connectivity index (χ0) is 13.0. The number of rotatable bonds is 5. The molecule has 1 fully saturated rings. The maximum absolute atomic E-state index is 5.38. The third-order valence-electron chi connectivity index (χ3n) is 3.55. The van der Waals surface area contributed by atoms with Gasteiger partial charge in [0.05, 0.1) is 13.2 Å². The van der Waals surface area contributed by atoms with E-state index in [0.29, 0.717) is 12.1 Å². The van der Waals surface area contributed by atoms with Crippen LogP contribution in [0.1, 0.15) is 24.8 Å². The van der Waals surface area contributed by atoms with E-state index in [4.69, 9.17) is 9.47 Å². The van der Waals surface area contributed by atoms with E-state index in [1.807, 2.05) is 12.1 Å². The topological polar surface area (TPSA) is 30.5 Å². The molecule has 0 spiro atoms. The van der Waals surface area contributed by atoms with Gasteiger partial charge in [-0.25, -0.2) is 0 Å². The summed E-state index contributed by atoms with van der Waals surface area (Å²) in [5.41, 5.74) is 1.23. The van der Waals surface area contributed by atoms with Crippen molar-refractivity contribution in [1.29, 1.82) is 0 Å². The summed E-state index contributed by atoms with van der Waals surface area (Å²) in [6.07, 6.45) is 3.89. The summed E-state index contributed by atoms with van der Waals surface area (Å²) in [5.74, 6) is 0.899. The number of hydrogen-bond acceptors (Lipinski definition) is 3. The highest BCUT2D eigenvalue weighted by Crippen LogP contribution is 2.25. The quantitative estimate of drug-likeness (QED) is 0.906. The summed E-state index contributed by atoms with van der Waals surface area (Å²) >= 11 is 3.57. The predicted molar refractivity (Wildman–Crippen MR) is 76.0 cm³/mol. The van der Waals surface area contributed by atoms with Gasteiger partial charge in [0.15, 0.2) is 0 Å². The van der Waals surface area contributed by atoms with Crippen LogP contribution in [0, 0.1) is 0 Å². The first-order valence-electron chi connectivity index (χ1n) is 6.31. The molecule has 2 rings (SSSR count). The van der Waals surface area contributed by atoms with Crippen molar-refractivity contribution in [3.63, 3.8) is 0 Å². The van der Waals surface area contributed by atoms with E-state index in [1.165, 1.54) is 12.0 Å². The van der Waals surface area contributed by atoms with Crippen molar-refractivity contribution >= 4 is 15.9 Å². The van der Waals surface area contributed by atoms with Gasteiger partial charge < -0.3 is 14.8 Å². The molecule has 2 unspecified atom stereocenters. The van der Waals surface area contributed by atoms with Gasteiger partial charge in [0.1, 0.15) is 5.75 Å². The smallest absolute Gasteiger partial charge is 0.119 e. The number of hydrogen-bond donors (Lipinski definition) is 1. The number of nitrogens with one attached hydrogen (secondary N) is 1. The second-order valence-corrected chi connectivity index (χ2v) is 5.56. The van der Waals surface area contributed by atoms with Gasteiger partial charge in [0, 0.05) is 24.2 Å².